The first-order chi connectivity index (χ1) is 18.3. The van der Waals surface area contributed by atoms with Gasteiger partial charge in [-0.15, -0.1) is 0 Å². The predicted octanol–water partition coefficient (Wildman–Crippen LogP) is 3.12. The Hall–Kier alpha value is -3.70. The molecule has 0 fully saturated rings. The van der Waals surface area contributed by atoms with E-state index in [0.29, 0.717) is 48.6 Å². The third kappa shape index (κ3) is 5.30. The van der Waals surface area contributed by atoms with E-state index in [2.05, 4.69) is 25.7 Å². The Morgan fingerprint density at radius 3 is 2.50 bits per heavy atom. The number of carbonyl (C=O) groups excluding carboxylic acids is 2. The number of rotatable bonds is 8. The van der Waals surface area contributed by atoms with E-state index in [9.17, 15) is 14.4 Å². The van der Waals surface area contributed by atoms with E-state index in [4.69, 9.17) is 14.2 Å². The Bertz CT molecular complexity index is 1590. The molecular formula is C27H25BrN2O7S. The molecule has 0 unspecified atom stereocenters. The molecule has 1 aliphatic heterocycles. The number of carbonyl (C=O) groups is 2. The summed E-state index contributed by atoms with van der Waals surface area (Å²) in [4.78, 5) is 43.3. The summed E-state index contributed by atoms with van der Waals surface area (Å²) in [5.74, 6) is -0.360. The number of methoxy groups -OCH3 is 3. The highest BCUT2D eigenvalue weighted by Crippen LogP contribution is 2.37. The summed E-state index contributed by atoms with van der Waals surface area (Å²) in [5.41, 5.74) is 2.06. The van der Waals surface area contributed by atoms with Crippen molar-refractivity contribution in [2.75, 3.05) is 27.9 Å². The van der Waals surface area contributed by atoms with Gasteiger partial charge in [-0.2, -0.15) is 0 Å². The van der Waals surface area contributed by atoms with Crippen molar-refractivity contribution in [3.63, 3.8) is 0 Å². The lowest BCUT2D eigenvalue weighted by atomic mass is 9.95. The highest BCUT2D eigenvalue weighted by molar-refractivity contribution is 9.10. The number of hydrogen-bond donors (Lipinski definition) is 0. The molecule has 2 aromatic carbocycles. The van der Waals surface area contributed by atoms with Crippen LogP contribution in [0.25, 0.3) is 6.08 Å². The summed E-state index contributed by atoms with van der Waals surface area (Å²) in [6.45, 7) is 1.62. The average molecular weight is 601 g/mol. The van der Waals surface area contributed by atoms with Crippen molar-refractivity contribution in [1.29, 1.82) is 0 Å². The highest BCUT2D eigenvalue weighted by atomic mass is 79.9. The van der Waals surface area contributed by atoms with Crippen LogP contribution in [-0.2, 0) is 19.1 Å². The second-order valence-corrected chi connectivity index (χ2v) is 9.96. The SMILES string of the molecule is CCC1=C(C(=O)OC)[C@@H](c2ccccc2)n2c(s/c(=C\c3cc(Br)c(OCC(=O)OC)c(OC)c3)c2=O)=N1. The number of ether oxygens (including phenoxy) is 4. The van der Waals surface area contributed by atoms with Crippen LogP contribution in [0.1, 0.15) is 30.5 Å². The van der Waals surface area contributed by atoms with Gasteiger partial charge in [0.05, 0.1) is 47.6 Å². The van der Waals surface area contributed by atoms with Crippen molar-refractivity contribution in [2.24, 2.45) is 4.99 Å². The molecule has 0 spiro atoms. The van der Waals surface area contributed by atoms with Gasteiger partial charge in [0.15, 0.2) is 22.9 Å². The molecule has 11 heteroatoms. The molecule has 4 rings (SSSR count). The quantitative estimate of drug-likeness (QED) is 0.366. The van der Waals surface area contributed by atoms with Crippen molar-refractivity contribution in [3.05, 3.63) is 89.0 Å². The maximum Gasteiger partial charge on any atom is 0.343 e. The standard InChI is InChI=1S/C27H25BrN2O7S/c1-5-18-22(26(33)36-4)23(16-9-7-6-8-10-16)30-25(32)20(38-27(30)29-18)13-15-11-17(28)24(19(12-15)34-2)37-14-21(31)35-3/h6-13,23H,5,14H2,1-4H3/b20-13-/t23-/m1/s1. The molecule has 0 bridgehead atoms. The minimum absolute atomic E-state index is 0.287. The van der Waals surface area contributed by atoms with Gasteiger partial charge in [-0.05, 0) is 51.7 Å². The molecule has 2 heterocycles. The lowest BCUT2D eigenvalue weighted by Gasteiger charge is -2.25. The van der Waals surface area contributed by atoms with Gasteiger partial charge in [-0.3, -0.25) is 9.36 Å². The van der Waals surface area contributed by atoms with Crippen molar-refractivity contribution in [2.45, 2.75) is 19.4 Å². The van der Waals surface area contributed by atoms with Gasteiger partial charge >= 0.3 is 11.9 Å². The largest absolute Gasteiger partial charge is 0.493 e. The van der Waals surface area contributed by atoms with E-state index in [1.807, 2.05) is 37.3 Å². The molecular weight excluding hydrogens is 576 g/mol. The van der Waals surface area contributed by atoms with Crippen LogP contribution in [-0.4, -0.2) is 44.4 Å². The minimum atomic E-state index is -0.674. The minimum Gasteiger partial charge on any atom is -0.493 e. The molecule has 198 valence electrons. The first-order valence-corrected chi connectivity index (χ1v) is 13.2. The molecule has 0 N–H and O–H groups in total. The van der Waals surface area contributed by atoms with Gasteiger partial charge < -0.3 is 18.9 Å². The van der Waals surface area contributed by atoms with Gasteiger partial charge in [0.1, 0.15) is 0 Å². The second-order valence-electron chi connectivity index (χ2n) is 8.10. The smallest absolute Gasteiger partial charge is 0.343 e. The van der Waals surface area contributed by atoms with Gasteiger partial charge in [0.25, 0.3) is 5.56 Å². The molecule has 3 aromatic rings. The second kappa shape index (κ2) is 11.8. The first-order valence-electron chi connectivity index (χ1n) is 11.6. The zero-order valence-corrected chi connectivity index (χ0v) is 23.6. The van der Waals surface area contributed by atoms with Gasteiger partial charge in [0.2, 0.25) is 0 Å². The molecule has 1 aliphatic rings. The average Bonchev–Trinajstić information content (AvgIpc) is 3.24. The molecule has 0 radical (unpaired) electrons. The molecule has 0 aliphatic carbocycles. The number of nitrogens with zero attached hydrogens (tertiary/aromatic N) is 2. The van der Waals surface area contributed by atoms with Crippen LogP contribution in [0.4, 0.5) is 0 Å². The summed E-state index contributed by atoms with van der Waals surface area (Å²) in [6, 6.07) is 12.1. The monoisotopic (exact) mass is 600 g/mol. The molecule has 1 atom stereocenters. The Kier molecular flexibility index (Phi) is 8.48. The molecule has 0 saturated carbocycles. The van der Waals surface area contributed by atoms with E-state index in [-0.39, 0.29) is 12.2 Å². The topological polar surface area (TPSA) is 105 Å². The fourth-order valence-electron chi connectivity index (χ4n) is 4.12. The van der Waals surface area contributed by atoms with Crippen LogP contribution < -0.4 is 24.4 Å². The van der Waals surface area contributed by atoms with Gasteiger partial charge in [-0.25, -0.2) is 14.6 Å². The summed E-state index contributed by atoms with van der Waals surface area (Å²) in [5, 5.41) is 0. The molecule has 0 saturated heterocycles. The molecule has 9 nitrogen and oxygen atoms in total. The summed E-state index contributed by atoms with van der Waals surface area (Å²) in [7, 11) is 4.07. The lowest BCUT2D eigenvalue weighted by Crippen LogP contribution is -2.40. The Morgan fingerprint density at radius 1 is 1.13 bits per heavy atom. The van der Waals surface area contributed by atoms with Crippen LogP contribution in [0.15, 0.2) is 68.0 Å². The Labute approximate surface area is 230 Å². The zero-order valence-electron chi connectivity index (χ0n) is 21.1. The van der Waals surface area contributed by atoms with E-state index in [1.54, 1.807) is 18.2 Å². The van der Waals surface area contributed by atoms with Crippen molar-refractivity contribution in [1.82, 2.24) is 4.57 Å². The summed E-state index contributed by atoms with van der Waals surface area (Å²) in [6.07, 6.45) is 2.22. The van der Waals surface area contributed by atoms with E-state index in [1.165, 1.54) is 37.2 Å². The third-order valence-electron chi connectivity index (χ3n) is 5.88. The van der Waals surface area contributed by atoms with Crippen LogP contribution in [0.2, 0.25) is 0 Å². The van der Waals surface area contributed by atoms with E-state index < -0.39 is 18.0 Å². The van der Waals surface area contributed by atoms with Gasteiger partial charge in [0, 0.05) is 0 Å². The molecule has 38 heavy (non-hydrogen) atoms. The maximum absolute atomic E-state index is 13.8. The number of aromatic nitrogens is 1. The molecule has 0 amide bonds. The normalized spacial score (nSPS) is 15.0. The van der Waals surface area contributed by atoms with Crippen molar-refractivity contribution in [3.8, 4) is 11.5 Å². The number of hydrogen-bond acceptors (Lipinski definition) is 9. The van der Waals surface area contributed by atoms with Crippen LogP contribution in [0.5, 0.6) is 11.5 Å². The van der Waals surface area contributed by atoms with Crippen molar-refractivity contribution >= 4 is 45.3 Å². The summed E-state index contributed by atoms with van der Waals surface area (Å²) >= 11 is 4.68. The highest BCUT2D eigenvalue weighted by Gasteiger charge is 2.33. The fourth-order valence-corrected chi connectivity index (χ4v) is 5.71. The van der Waals surface area contributed by atoms with E-state index in [0.717, 1.165) is 5.56 Å². The number of benzene rings is 2. The molecule has 1 aromatic heterocycles. The number of allylic oxidation sites excluding steroid dienone is 1. The van der Waals surface area contributed by atoms with Crippen LogP contribution >= 0.6 is 27.3 Å². The Balaban J connectivity index is 1.87. The number of fused-ring (bicyclic) bond motifs is 1. The lowest BCUT2D eigenvalue weighted by molar-refractivity contribution is -0.143. The maximum atomic E-state index is 13.8. The van der Waals surface area contributed by atoms with Crippen LogP contribution in [0.3, 0.4) is 0 Å². The third-order valence-corrected chi connectivity index (χ3v) is 7.45. The zero-order chi connectivity index (χ0) is 27.4. The van der Waals surface area contributed by atoms with Crippen LogP contribution in [0, 0.1) is 0 Å². The van der Waals surface area contributed by atoms with E-state index >= 15 is 0 Å². The predicted molar refractivity (Wildman–Crippen MR) is 145 cm³/mol. The van der Waals surface area contributed by atoms with Crippen molar-refractivity contribution < 1.29 is 28.5 Å². The first kappa shape index (κ1) is 27.3. The number of esters is 2. The Morgan fingerprint density at radius 2 is 1.87 bits per heavy atom. The number of thiazole rings is 1. The number of halogens is 1. The fraction of sp³-hybridized carbons (Fsp3) is 0.259. The van der Waals surface area contributed by atoms with Gasteiger partial charge in [-0.1, -0.05) is 48.6 Å². The summed E-state index contributed by atoms with van der Waals surface area (Å²) < 4.78 is 23.2.